The first-order valence-electron chi connectivity index (χ1n) is 9.54. The molecule has 0 aromatic carbocycles. The molecule has 3 fully saturated rings. The van der Waals surface area contributed by atoms with Crippen LogP contribution in [0.4, 0.5) is 0 Å². The van der Waals surface area contributed by atoms with Crippen LogP contribution in [0, 0.1) is 28.6 Å². The SMILES string of the molecule is CC(=O)[C@@]1(O)CC[C@H]2[C@@H]3CCC4=CC(O)C=C[C@]4(C)[C@H]3CC[C@@]21C. The Balaban J connectivity index is 1.70. The van der Waals surface area contributed by atoms with Crippen molar-refractivity contribution >= 4 is 5.78 Å². The van der Waals surface area contributed by atoms with Crippen LogP contribution in [-0.4, -0.2) is 27.7 Å². The number of aliphatic hydroxyl groups excluding tert-OH is 1. The smallest absolute Gasteiger partial charge is 0.161 e. The summed E-state index contributed by atoms with van der Waals surface area (Å²) in [5, 5.41) is 21.1. The summed E-state index contributed by atoms with van der Waals surface area (Å²) in [5.74, 6) is 1.52. The van der Waals surface area contributed by atoms with Gasteiger partial charge in [-0.05, 0) is 63.2 Å². The average Bonchev–Trinajstić information content (AvgIpc) is 2.81. The number of ketones is 1. The standard InChI is InChI=1S/C21H30O3/c1-13(22)21(24)11-8-18-16-5-4-14-12-15(23)6-9-19(14,2)17(16)7-10-20(18,21)3/h6,9,12,15-18,23-24H,4-5,7-8,10-11H2,1-3H3/t15?,16-,17+,18+,19+,20+,21+/m1/s1. The van der Waals surface area contributed by atoms with E-state index in [2.05, 4.69) is 19.9 Å². The fourth-order valence-electron chi connectivity index (χ4n) is 6.91. The minimum atomic E-state index is -1.13. The van der Waals surface area contributed by atoms with Gasteiger partial charge in [0.15, 0.2) is 5.78 Å². The van der Waals surface area contributed by atoms with Gasteiger partial charge in [-0.3, -0.25) is 4.79 Å². The van der Waals surface area contributed by atoms with Crippen molar-refractivity contribution in [1.82, 2.24) is 0 Å². The van der Waals surface area contributed by atoms with Gasteiger partial charge in [0, 0.05) is 10.8 Å². The number of aliphatic hydroxyl groups is 2. The Morgan fingerprint density at radius 3 is 2.58 bits per heavy atom. The molecule has 3 saturated carbocycles. The zero-order valence-corrected chi connectivity index (χ0v) is 15.1. The van der Waals surface area contributed by atoms with Crippen LogP contribution in [0.2, 0.25) is 0 Å². The maximum Gasteiger partial charge on any atom is 0.161 e. The molecule has 24 heavy (non-hydrogen) atoms. The maximum atomic E-state index is 12.2. The van der Waals surface area contributed by atoms with Crippen molar-refractivity contribution in [2.24, 2.45) is 28.6 Å². The third-order valence-electron chi connectivity index (χ3n) is 8.39. The number of hydrogen-bond donors (Lipinski definition) is 2. The summed E-state index contributed by atoms with van der Waals surface area (Å²) in [7, 11) is 0. The van der Waals surface area contributed by atoms with Crippen LogP contribution < -0.4 is 0 Å². The molecule has 0 aromatic heterocycles. The highest BCUT2D eigenvalue weighted by Gasteiger charge is 2.65. The maximum absolute atomic E-state index is 12.2. The van der Waals surface area contributed by atoms with Gasteiger partial charge in [0.2, 0.25) is 0 Å². The number of fused-ring (bicyclic) bond motifs is 5. The van der Waals surface area contributed by atoms with E-state index < -0.39 is 11.7 Å². The van der Waals surface area contributed by atoms with Gasteiger partial charge in [-0.25, -0.2) is 0 Å². The van der Waals surface area contributed by atoms with Crippen molar-refractivity contribution in [1.29, 1.82) is 0 Å². The normalized spacial score (nSPS) is 53.0. The molecule has 132 valence electrons. The highest BCUT2D eigenvalue weighted by atomic mass is 16.3. The van der Waals surface area contributed by atoms with Crippen LogP contribution in [0.5, 0.6) is 0 Å². The predicted octanol–water partition coefficient (Wildman–Crippen LogP) is 3.41. The third-order valence-corrected chi connectivity index (χ3v) is 8.39. The van der Waals surface area contributed by atoms with E-state index in [9.17, 15) is 15.0 Å². The molecule has 0 bridgehead atoms. The molecule has 0 amide bonds. The van der Waals surface area contributed by atoms with Crippen LogP contribution in [0.1, 0.15) is 59.3 Å². The van der Waals surface area contributed by atoms with Crippen LogP contribution in [0.3, 0.4) is 0 Å². The number of hydrogen-bond acceptors (Lipinski definition) is 3. The van der Waals surface area contributed by atoms with Crippen LogP contribution in [0.25, 0.3) is 0 Å². The Hall–Kier alpha value is -0.930. The summed E-state index contributed by atoms with van der Waals surface area (Å²) in [4.78, 5) is 12.2. The van der Waals surface area contributed by atoms with E-state index in [-0.39, 0.29) is 16.6 Å². The molecule has 3 nitrogen and oxygen atoms in total. The van der Waals surface area contributed by atoms with Crippen LogP contribution >= 0.6 is 0 Å². The minimum absolute atomic E-state index is 0.0421. The molecule has 0 aromatic rings. The minimum Gasteiger partial charge on any atom is -0.385 e. The van der Waals surface area contributed by atoms with Crippen molar-refractivity contribution in [3.63, 3.8) is 0 Å². The van der Waals surface area contributed by atoms with Crippen molar-refractivity contribution in [2.45, 2.75) is 71.0 Å². The molecule has 0 saturated heterocycles. The van der Waals surface area contributed by atoms with Gasteiger partial charge in [0.1, 0.15) is 5.60 Å². The van der Waals surface area contributed by atoms with E-state index in [1.807, 2.05) is 12.2 Å². The lowest BCUT2D eigenvalue weighted by atomic mass is 9.47. The molecule has 0 aliphatic heterocycles. The Kier molecular flexibility index (Phi) is 3.48. The van der Waals surface area contributed by atoms with Crippen molar-refractivity contribution in [3.8, 4) is 0 Å². The van der Waals surface area contributed by atoms with Crippen LogP contribution in [-0.2, 0) is 4.79 Å². The quantitative estimate of drug-likeness (QED) is 0.725. The Bertz CT molecular complexity index is 635. The van der Waals surface area contributed by atoms with Gasteiger partial charge in [0.05, 0.1) is 6.10 Å². The monoisotopic (exact) mass is 330 g/mol. The third kappa shape index (κ3) is 1.89. The summed E-state index contributed by atoms with van der Waals surface area (Å²) in [6, 6.07) is 0. The zero-order valence-electron chi connectivity index (χ0n) is 15.1. The van der Waals surface area contributed by atoms with Crippen molar-refractivity contribution < 1.29 is 15.0 Å². The van der Waals surface area contributed by atoms with E-state index in [1.165, 1.54) is 5.57 Å². The number of allylic oxidation sites excluding steroid dienone is 2. The van der Waals surface area contributed by atoms with Gasteiger partial charge in [-0.1, -0.05) is 37.6 Å². The summed E-state index contributed by atoms with van der Waals surface area (Å²) in [5.41, 5.74) is 0.0379. The summed E-state index contributed by atoms with van der Waals surface area (Å²) >= 11 is 0. The molecular formula is C21H30O3. The second-order valence-corrected chi connectivity index (χ2v) is 9.15. The van der Waals surface area contributed by atoms with Crippen molar-refractivity contribution in [3.05, 3.63) is 23.8 Å². The first-order chi connectivity index (χ1) is 11.2. The molecule has 7 atom stereocenters. The molecular weight excluding hydrogens is 300 g/mol. The lowest BCUT2D eigenvalue weighted by Crippen LogP contribution is -2.56. The number of rotatable bonds is 1. The summed E-state index contributed by atoms with van der Waals surface area (Å²) < 4.78 is 0. The fraction of sp³-hybridized carbons (Fsp3) is 0.762. The molecule has 4 aliphatic rings. The summed E-state index contributed by atoms with van der Waals surface area (Å²) in [6.07, 6.45) is 11.5. The van der Waals surface area contributed by atoms with Gasteiger partial charge >= 0.3 is 0 Å². The Morgan fingerprint density at radius 1 is 1.17 bits per heavy atom. The highest BCUT2D eigenvalue weighted by Crippen LogP contribution is 2.67. The molecule has 4 rings (SSSR count). The lowest BCUT2D eigenvalue weighted by Gasteiger charge is -2.58. The second kappa shape index (κ2) is 5.04. The van der Waals surface area contributed by atoms with Gasteiger partial charge in [0.25, 0.3) is 0 Å². The lowest BCUT2D eigenvalue weighted by molar-refractivity contribution is -0.158. The van der Waals surface area contributed by atoms with Gasteiger partial charge < -0.3 is 10.2 Å². The first kappa shape index (κ1) is 16.5. The molecule has 4 aliphatic carbocycles. The van der Waals surface area contributed by atoms with E-state index in [0.29, 0.717) is 24.2 Å². The number of carbonyl (C=O) groups excluding carboxylic acids is 1. The van der Waals surface area contributed by atoms with Gasteiger partial charge in [-0.15, -0.1) is 0 Å². The topological polar surface area (TPSA) is 57.5 Å². The predicted molar refractivity (Wildman–Crippen MR) is 93.2 cm³/mol. The van der Waals surface area contributed by atoms with Crippen molar-refractivity contribution in [2.75, 3.05) is 0 Å². The van der Waals surface area contributed by atoms with E-state index in [4.69, 9.17) is 0 Å². The van der Waals surface area contributed by atoms with Gasteiger partial charge in [-0.2, -0.15) is 0 Å². The average molecular weight is 330 g/mol. The molecule has 0 heterocycles. The van der Waals surface area contributed by atoms with Crippen LogP contribution in [0.15, 0.2) is 23.8 Å². The molecule has 0 spiro atoms. The first-order valence-corrected chi connectivity index (χ1v) is 9.54. The number of Topliss-reactive ketones (excluding diaryl/α,β-unsaturated/α-hetero) is 1. The van der Waals surface area contributed by atoms with E-state index in [0.717, 1.165) is 32.1 Å². The summed E-state index contributed by atoms with van der Waals surface area (Å²) in [6.45, 7) is 6.05. The largest absolute Gasteiger partial charge is 0.385 e. The molecule has 0 radical (unpaired) electrons. The molecule has 3 heteroatoms. The highest BCUT2D eigenvalue weighted by molar-refractivity contribution is 5.86. The number of carbonyl (C=O) groups is 1. The fourth-order valence-corrected chi connectivity index (χ4v) is 6.91. The molecule has 1 unspecified atom stereocenters. The van der Waals surface area contributed by atoms with E-state index >= 15 is 0 Å². The molecule has 2 N–H and O–H groups in total. The second-order valence-electron chi connectivity index (χ2n) is 9.15. The zero-order chi connectivity index (χ0) is 17.3. The Labute approximate surface area is 144 Å². The Morgan fingerprint density at radius 2 is 1.88 bits per heavy atom. The van der Waals surface area contributed by atoms with E-state index in [1.54, 1.807) is 6.92 Å².